The van der Waals surface area contributed by atoms with Crippen molar-refractivity contribution >= 4 is 6.08 Å². The number of hydrogen-bond donors (Lipinski definition) is 2. The van der Waals surface area contributed by atoms with Gasteiger partial charge in [-0.05, 0) is 32.0 Å². The average Bonchev–Trinajstić information content (AvgIpc) is 2.23. The Hall–Kier alpha value is -1.28. The van der Waals surface area contributed by atoms with Crippen molar-refractivity contribution in [2.24, 2.45) is 0 Å². The molecule has 0 bridgehead atoms. The SMILES string of the molecule is Oc1ccccc1C=C1CCNCC1. The lowest BCUT2D eigenvalue weighted by Crippen LogP contribution is -2.22. The Balaban J connectivity index is 2.19. The fourth-order valence-corrected chi connectivity index (χ4v) is 1.72. The van der Waals surface area contributed by atoms with Crippen molar-refractivity contribution < 1.29 is 5.11 Å². The molecule has 0 amide bonds. The normalized spacial score (nSPS) is 16.7. The Bertz CT molecular complexity index is 336. The molecule has 0 saturated carbocycles. The Morgan fingerprint density at radius 3 is 2.57 bits per heavy atom. The van der Waals surface area contributed by atoms with E-state index in [1.165, 1.54) is 5.57 Å². The van der Waals surface area contributed by atoms with Gasteiger partial charge in [0.2, 0.25) is 0 Å². The van der Waals surface area contributed by atoms with Crippen molar-refractivity contribution in [1.82, 2.24) is 5.32 Å². The van der Waals surface area contributed by atoms with E-state index in [9.17, 15) is 5.11 Å². The summed E-state index contributed by atoms with van der Waals surface area (Å²) in [5, 5.41) is 12.9. The van der Waals surface area contributed by atoms with Crippen molar-refractivity contribution in [3.63, 3.8) is 0 Å². The molecule has 0 aromatic heterocycles. The molecule has 14 heavy (non-hydrogen) atoms. The number of phenolic OH excluding ortho intramolecular Hbond substituents is 1. The van der Waals surface area contributed by atoms with Gasteiger partial charge in [0.1, 0.15) is 5.75 Å². The van der Waals surface area contributed by atoms with Crippen LogP contribution < -0.4 is 5.32 Å². The topological polar surface area (TPSA) is 32.3 Å². The maximum atomic E-state index is 9.58. The van der Waals surface area contributed by atoms with Gasteiger partial charge in [-0.2, -0.15) is 0 Å². The van der Waals surface area contributed by atoms with E-state index in [1.807, 2.05) is 18.2 Å². The largest absolute Gasteiger partial charge is 0.507 e. The van der Waals surface area contributed by atoms with Gasteiger partial charge in [-0.25, -0.2) is 0 Å². The second-order valence-electron chi connectivity index (χ2n) is 3.61. The van der Waals surface area contributed by atoms with Crippen LogP contribution in [0.2, 0.25) is 0 Å². The number of aromatic hydroxyl groups is 1. The Morgan fingerprint density at radius 2 is 1.86 bits per heavy atom. The lowest BCUT2D eigenvalue weighted by Gasteiger charge is -2.15. The van der Waals surface area contributed by atoms with Crippen LogP contribution in [0.1, 0.15) is 18.4 Å². The molecule has 1 aromatic rings. The molecule has 2 rings (SSSR count). The maximum absolute atomic E-state index is 9.58. The Kier molecular flexibility index (Phi) is 2.84. The van der Waals surface area contributed by atoms with E-state index < -0.39 is 0 Å². The molecule has 0 spiro atoms. The van der Waals surface area contributed by atoms with Crippen LogP contribution in [-0.2, 0) is 0 Å². The van der Waals surface area contributed by atoms with E-state index in [4.69, 9.17) is 0 Å². The van der Waals surface area contributed by atoms with Crippen molar-refractivity contribution in [3.05, 3.63) is 35.4 Å². The summed E-state index contributed by atoms with van der Waals surface area (Å²) >= 11 is 0. The fraction of sp³-hybridized carbons (Fsp3) is 0.333. The van der Waals surface area contributed by atoms with Crippen molar-refractivity contribution in [2.75, 3.05) is 13.1 Å². The molecule has 0 atom stereocenters. The van der Waals surface area contributed by atoms with E-state index in [-0.39, 0.29) is 0 Å². The van der Waals surface area contributed by atoms with Crippen LogP contribution in [-0.4, -0.2) is 18.2 Å². The molecule has 1 aromatic carbocycles. The lowest BCUT2D eigenvalue weighted by molar-refractivity contribution is 0.474. The Morgan fingerprint density at radius 1 is 1.14 bits per heavy atom. The van der Waals surface area contributed by atoms with Gasteiger partial charge in [0.25, 0.3) is 0 Å². The van der Waals surface area contributed by atoms with E-state index in [1.54, 1.807) is 6.07 Å². The smallest absolute Gasteiger partial charge is 0.122 e. The number of nitrogens with one attached hydrogen (secondary N) is 1. The quantitative estimate of drug-likeness (QED) is 0.709. The minimum atomic E-state index is 0.374. The van der Waals surface area contributed by atoms with Crippen LogP contribution in [0.15, 0.2) is 29.8 Å². The molecule has 0 unspecified atom stereocenters. The van der Waals surface area contributed by atoms with Gasteiger partial charge in [-0.1, -0.05) is 29.8 Å². The molecule has 0 aliphatic carbocycles. The first-order valence-electron chi connectivity index (χ1n) is 5.04. The average molecular weight is 189 g/mol. The van der Waals surface area contributed by atoms with Crippen molar-refractivity contribution in [3.8, 4) is 5.75 Å². The van der Waals surface area contributed by atoms with Crippen LogP contribution in [0.5, 0.6) is 5.75 Å². The van der Waals surface area contributed by atoms with Crippen LogP contribution >= 0.6 is 0 Å². The second kappa shape index (κ2) is 4.29. The molecule has 74 valence electrons. The Labute approximate surface area is 84.3 Å². The monoisotopic (exact) mass is 189 g/mol. The lowest BCUT2D eigenvalue weighted by atomic mass is 10.0. The van der Waals surface area contributed by atoms with Crippen molar-refractivity contribution in [2.45, 2.75) is 12.8 Å². The third-order valence-corrected chi connectivity index (χ3v) is 2.54. The number of piperidine rings is 1. The van der Waals surface area contributed by atoms with Gasteiger partial charge in [-0.3, -0.25) is 0 Å². The minimum Gasteiger partial charge on any atom is -0.507 e. The zero-order chi connectivity index (χ0) is 9.80. The molecule has 0 radical (unpaired) electrons. The predicted octanol–water partition coefficient (Wildman–Crippen LogP) is 2.16. The number of rotatable bonds is 1. The van der Waals surface area contributed by atoms with Gasteiger partial charge < -0.3 is 10.4 Å². The van der Waals surface area contributed by atoms with E-state index >= 15 is 0 Å². The molecule has 1 aliphatic rings. The highest BCUT2D eigenvalue weighted by atomic mass is 16.3. The standard InChI is InChI=1S/C12H15NO/c14-12-4-2-1-3-11(12)9-10-5-7-13-8-6-10/h1-4,9,13-14H,5-8H2. The van der Waals surface area contributed by atoms with Crippen LogP contribution in [0.4, 0.5) is 0 Å². The van der Waals surface area contributed by atoms with Crippen molar-refractivity contribution in [1.29, 1.82) is 0 Å². The third-order valence-electron chi connectivity index (χ3n) is 2.54. The summed E-state index contributed by atoms with van der Waals surface area (Å²) in [6.07, 6.45) is 4.29. The van der Waals surface area contributed by atoms with Gasteiger partial charge in [0.05, 0.1) is 0 Å². The van der Waals surface area contributed by atoms with Gasteiger partial charge in [0.15, 0.2) is 0 Å². The molecule has 2 heteroatoms. The highest BCUT2D eigenvalue weighted by molar-refractivity contribution is 5.59. The molecule has 1 saturated heterocycles. The third kappa shape index (κ3) is 2.15. The second-order valence-corrected chi connectivity index (χ2v) is 3.61. The molecule has 2 nitrogen and oxygen atoms in total. The molecule has 1 aliphatic heterocycles. The highest BCUT2D eigenvalue weighted by Crippen LogP contribution is 2.21. The summed E-state index contributed by atoms with van der Waals surface area (Å²) in [5.74, 6) is 0.374. The van der Waals surface area contributed by atoms with E-state index in [2.05, 4.69) is 11.4 Å². The van der Waals surface area contributed by atoms with Gasteiger partial charge in [0, 0.05) is 5.56 Å². The van der Waals surface area contributed by atoms with Gasteiger partial charge in [-0.15, -0.1) is 0 Å². The molecular formula is C12H15NO. The first kappa shape index (κ1) is 9.28. The van der Waals surface area contributed by atoms with Gasteiger partial charge >= 0.3 is 0 Å². The highest BCUT2D eigenvalue weighted by Gasteiger charge is 2.05. The summed E-state index contributed by atoms with van der Waals surface area (Å²) in [4.78, 5) is 0. The number of phenols is 1. The summed E-state index contributed by atoms with van der Waals surface area (Å²) in [6.45, 7) is 2.11. The molecule has 1 heterocycles. The molecule has 1 fully saturated rings. The molecule has 2 N–H and O–H groups in total. The number of hydrogen-bond acceptors (Lipinski definition) is 2. The maximum Gasteiger partial charge on any atom is 0.122 e. The first-order valence-corrected chi connectivity index (χ1v) is 5.04. The van der Waals surface area contributed by atoms with Crippen LogP contribution in [0.25, 0.3) is 6.08 Å². The summed E-state index contributed by atoms with van der Waals surface area (Å²) in [6, 6.07) is 7.48. The minimum absolute atomic E-state index is 0.374. The number of benzene rings is 1. The summed E-state index contributed by atoms with van der Waals surface area (Å²) in [5.41, 5.74) is 2.36. The van der Waals surface area contributed by atoms with E-state index in [0.717, 1.165) is 31.5 Å². The first-order chi connectivity index (χ1) is 6.86. The summed E-state index contributed by atoms with van der Waals surface area (Å²) in [7, 11) is 0. The fourth-order valence-electron chi connectivity index (χ4n) is 1.72. The number of para-hydroxylation sites is 1. The molecular weight excluding hydrogens is 174 g/mol. The zero-order valence-corrected chi connectivity index (χ0v) is 8.16. The van der Waals surface area contributed by atoms with E-state index in [0.29, 0.717) is 5.75 Å². The summed E-state index contributed by atoms with van der Waals surface area (Å²) < 4.78 is 0. The predicted molar refractivity (Wildman–Crippen MR) is 58.2 cm³/mol. The van der Waals surface area contributed by atoms with Crippen LogP contribution in [0.3, 0.4) is 0 Å². The zero-order valence-electron chi connectivity index (χ0n) is 8.16. The van der Waals surface area contributed by atoms with Crippen LogP contribution in [0, 0.1) is 0 Å².